The van der Waals surface area contributed by atoms with Crippen molar-refractivity contribution in [2.75, 3.05) is 32.9 Å². The molecule has 0 radical (unpaired) electrons. The lowest BCUT2D eigenvalue weighted by Crippen LogP contribution is -2.68. The monoisotopic (exact) mass is 416 g/mol. The quantitative estimate of drug-likeness (QED) is 0.645. The molecule has 1 heterocycles. The molecule has 0 aromatic heterocycles. The van der Waals surface area contributed by atoms with Crippen LogP contribution in [0.2, 0.25) is 0 Å². The number of hydrogen-bond acceptors (Lipinski definition) is 5. The van der Waals surface area contributed by atoms with Gasteiger partial charge in [0.25, 0.3) is 0 Å². The van der Waals surface area contributed by atoms with Crippen molar-refractivity contribution < 1.29 is 22.8 Å². The number of nitrogens with one attached hydrogen (secondary N) is 2. The highest BCUT2D eigenvalue weighted by Crippen LogP contribution is 2.23. The van der Waals surface area contributed by atoms with Crippen LogP contribution in [-0.4, -0.2) is 79.9 Å². The second-order valence-electron chi connectivity index (χ2n) is 8.05. The largest absolute Gasteiger partial charge is 0.352 e. The van der Waals surface area contributed by atoms with Gasteiger partial charge in [-0.2, -0.15) is 4.31 Å². The normalized spacial score (nSPS) is 25.7. The Hall–Kier alpha value is -1.68. The van der Waals surface area contributed by atoms with Crippen LogP contribution in [0.1, 0.15) is 51.9 Å². The lowest BCUT2D eigenvalue weighted by Gasteiger charge is -2.44. The summed E-state index contributed by atoms with van der Waals surface area (Å²) in [5, 5.41) is 5.54. The predicted octanol–water partition coefficient (Wildman–Crippen LogP) is -0.176. The fourth-order valence-corrected chi connectivity index (χ4v) is 4.56. The van der Waals surface area contributed by atoms with E-state index >= 15 is 0 Å². The van der Waals surface area contributed by atoms with Gasteiger partial charge in [0.1, 0.15) is 5.54 Å². The van der Waals surface area contributed by atoms with Crippen LogP contribution < -0.4 is 10.6 Å². The number of carbonyl (C=O) groups excluding carboxylic acids is 3. The maximum absolute atomic E-state index is 12.7. The van der Waals surface area contributed by atoms with Gasteiger partial charge in [-0.25, -0.2) is 8.42 Å². The molecule has 1 saturated carbocycles. The van der Waals surface area contributed by atoms with Crippen molar-refractivity contribution in [2.45, 2.75) is 63.5 Å². The molecule has 28 heavy (non-hydrogen) atoms. The lowest BCUT2D eigenvalue weighted by atomic mass is 9.96. The molecule has 10 heteroatoms. The van der Waals surface area contributed by atoms with Crippen LogP contribution in [-0.2, 0) is 24.4 Å². The third-order valence-corrected chi connectivity index (χ3v) is 6.94. The van der Waals surface area contributed by atoms with E-state index in [1.54, 1.807) is 0 Å². The van der Waals surface area contributed by atoms with Crippen LogP contribution in [0.4, 0.5) is 0 Å². The van der Waals surface area contributed by atoms with Crippen molar-refractivity contribution in [1.29, 1.82) is 0 Å². The van der Waals surface area contributed by atoms with E-state index in [0.29, 0.717) is 0 Å². The van der Waals surface area contributed by atoms with Crippen molar-refractivity contribution in [1.82, 2.24) is 19.8 Å². The van der Waals surface area contributed by atoms with Crippen LogP contribution in [0.25, 0.3) is 0 Å². The number of sulfonamides is 1. The van der Waals surface area contributed by atoms with E-state index in [9.17, 15) is 22.8 Å². The average molecular weight is 417 g/mol. The summed E-state index contributed by atoms with van der Waals surface area (Å²) in [7, 11) is -2.15. The first-order valence-corrected chi connectivity index (χ1v) is 11.7. The summed E-state index contributed by atoms with van der Waals surface area (Å²) in [6.07, 6.45) is 8.67. The third kappa shape index (κ3) is 5.66. The molecule has 160 valence electrons. The Morgan fingerprint density at radius 1 is 1.14 bits per heavy atom. The second kappa shape index (κ2) is 9.21. The summed E-state index contributed by atoms with van der Waals surface area (Å²) in [5.74, 6) is -1.29. The first kappa shape index (κ1) is 22.6. The molecular weight excluding hydrogens is 384 g/mol. The Balaban J connectivity index is 1.94. The minimum Gasteiger partial charge on any atom is -0.352 e. The Morgan fingerprint density at radius 3 is 2.29 bits per heavy atom. The zero-order chi connectivity index (χ0) is 20.9. The lowest BCUT2D eigenvalue weighted by molar-refractivity contribution is -0.150. The molecule has 2 fully saturated rings. The van der Waals surface area contributed by atoms with Gasteiger partial charge in [0.2, 0.25) is 27.7 Å². The molecule has 9 nitrogen and oxygen atoms in total. The summed E-state index contributed by atoms with van der Waals surface area (Å²) >= 11 is 0. The van der Waals surface area contributed by atoms with Crippen LogP contribution in [0, 0.1) is 0 Å². The van der Waals surface area contributed by atoms with Crippen molar-refractivity contribution in [2.24, 2.45) is 0 Å². The molecule has 1 atom stereocenters. The molecule has 0 aromatic carbocycles. The van der Waals surface area contributed by atoms with E-state index in [1.807, 2.05) is 0 Å². The molecule has 0 spiro atoms. The number of hydrogen-bond donors (Lipinski definition) is 2. The number of carbonyl (C=O) groups is 3. The van der Waals surface area contributed by atoms with Crippen LogP contribution in [0.15, 0.2) is 0 Å². The standard InChI is InChI=1S/C18H32N4O5S/c1-18(13-22(28(3,26)27)12-16(24)21(18)2)17(25)19-11-15(23)20-14-9-7-5-4-6-8-10-14/h14H,4-13H2,1-3H3,(H,19,25)(H,20,23)/t18-/m0/s1. The maximum Gasteiger partial charge on any atom is 0.247 e. The third-order valence-electron chi connectivity index (χ3n) is 5.75. The van der Waals surface area contributed by atoms with Gasteiger partial charge in [-0.05, 0) is 19.8 Å². The highest BCUT2D eigenvalue weighted by Gasteiger charge is 2.47. The van der Waals surface area contributed by atoms with Gasteiger partial charge in [0.15, 0.2) is 0 Å². The van der Waals surface area contributed by atoms with E-state index in [1.165, 1.54) is 38.1 Å². The van der Waals surface area contributed by atoms with Gasteiger partial charge in [-0.1, -0.05) is 32.1 Å². The Bertz CT molecular complexity index is 703. The van der Waals surface area contributed by atoms with Crippen molar-refractivity contribution >= 4 is 27.7 Å². The molecule has 1 aliphatic carbocycles. The minimum atomic E-state index is -3.62. The van der Waals surface area contributed by atoms with Crippen LogP contribution in [0.3, 0.4) is 0 Å². The van der Waals surface area contributed by atoms with Gasteiger partial charge in [-0.3, -0.25) is 14.4 Å². The Labute approximate surface area is 167 Å². The summed E-state index contributed by atoms with van der Waals surface area (Å²) < 4.78 is 24.7. The van der Waals surface area contributed by atoms with E-state index < -0.39 is 27.4 Å². The fraction of sp³-hybridized carbons (Fsp3) is 0.833. The SMILES string of the molecule is CN1C(=O)CN(S(C)(=O)=O)C[C@@]1(C)C(=O)NCC(=O)NC1CCCCCCC1. The molecule has 3 amide bonds. The maximum atomic E-state index is 12.7. The molecule has 1 aliphatic heterocycles. The first-order chi connectivity index (χ1) is 13.0. The highest BCUT2D eigenvalue weighted by atomic mass is 32.2. The molecule has 0 bridgehead atoms. The van der Waals surface area contributed by atoms with E-state index in [2.05, 4.69) is 10.6 Å². The summed E-state index contributed by atoms with van der Waals surface area (Å²) in [5.41, 5.74) is -1.38. The second-order valence-corrected chi connectivity index (χ2v) is 10.0. The number of likely N-dealkylation sites (N-methyl/N-ethyl adjacent to an activating group) is 1. The minimum absolute atomic E-state index is 0.125. The van der Waals surface area contributed by atoms with Gasteiger partial charge in [-0.15, -0.1) is 0 Å². The first-order valence-electron chi connectivity index (χ1n) is 9.83. The zero-order valence-corrected chi connectivity index (χ0v) is 17.8. The number of amides is 3. The average Bonchev–Trinajstić information content (AvgIpc) is 2.58. The van der Waals surface area contributed by atoms with E-state index in [0.717, 1.165) is 36.2 Å². The van der Waals surface area contributed by atoms with Gasteiger partial charge in [0.05, 0.1) is 19.3 Å². The molecule has 1 saturated heterocycles. The molecular formula is C18H32N4O5S. The van der Waals surface area contributed by atoms with Gasteiger partial charge >= 0.3 is 0 Å². The fourth-order valence-electron chi connectivity index (χ4n) is 3.73. The molecule has 0 unspecified atom stereocenters. The van der Waals surface area contributed by atoms with Crippen molar-refractivity contribution in [3.05, 3.63) is 0 Å². The van der Waals surface area contributed by atoms with Crippen molar-refractivity contribution in [3.63, 3.8) is 0 Å². The van der Waals surface area contributed by atoms with Crippen molar-refractivity contribution in [3.8, 4) is 0 Å². The Kier molecular flexibility index (Phi) is 7.44. The highest BCUT2D eigenvalue weighted by molar-refractivity contribution is 7.88. The van der Waals surface area contributed by atoms with Gasteiger partial charge < -0.3 is 15.5 Å². The Morgan fingerprint density at radius 2 is 1.71 bits per heavy atom. The molecule has 2 aliphatic rings. The number of nitrogens with zero attached hydrogens (tertiary/aromatic N) is 2. The summed E-state index contributed by atoms with van der Waals surface area (Å²) in [6.45, 7) is 0.862. The molecule has 0 aromatic rings. The van der Waals surface area contributed by atoms with Gasteiger partial charge in [0, 0.05) is 19.6 Å². The molecule has 2 rings (SSSR count). The smallest absolute Gasteiger partial charge is 0.247 e. The van der Waals surface area contributed by atoms with Crippen LogP contribution >= 0.6 is 0 Å². The molecule has 2 N–H and O–H groups in total. The predicted molar refractivity (Wildman–Crippen MR) is 105 cm³/mol. The van der Waals surface area contributed by atoms with E-state index in [-0.39, 0.29) is 31.6 Å². The van der Waals surface area contributed by atoms with Crippen LogP contribution in [0.5, 0.6) is 0 Å². The number of rotatable bonds is 5. The topological polar surface area (TPSA) is 116 Å². The van der Waals surface area contributed by atoms with E-state index in [4.69, 9.17) is 0 Å². The zero-order valence-electron chi connectivity index (χ0n) is 17.0. The summed E-state index contributed by atoms with van der Waals surface area (Å²) in [4.78, 5) is 38.4. The number of piperazine rings is 1. The summed E-state index contributed by atoms with van der Waals surface area (Å²) in [6, 6.07) is 0.125.